The summed E-state index contributed by atoms with van der Waals surface area (Å²) in [5.74, 6) is 0. The van der Waals surface area contributed by atoms with Crippen LogP contribution < -0.4 is 5.32 Å². The molecule has 2 N–H and O–H groups in total. The van der Waals surface area contributed by atoms with Crippen molar-refractivity contribution in [2.24, 2.45) is 0 Å². The van der Waals surface area contributed by atoms with Crippen LogP contribution in [-0.2, 0) is 4.74 Å². The largest absolute Gasteiger partial charge is 0.444 e. The lowest BCUT2D eigenvalue weighted by molar-refractivity contribution is 0.0434. The number of rotatable bonds is 3. The van der Waals surface area contributed by atoms with Crippen molar-refractivity contribution in [2.75, 3.05) is 0 Å². The first-order chi connectivity index (χ1) is 6.26. The van der Waals surface area contributed by atoms with Gasteiger partial charge in [0, 0.05) is 0 Å². The highest BCUT2D eigenvalue weighted by Gasteiger charge is 2.20. The summed E-state index contributed by atoms with van der Waals surface area (Å²) in [5.41, 5.74) is -0.499. The Morgan fingerprint density at radius 2 is 2.00 bits per heavy atom. The number of carbonyl (C=O) groups excluding carboxylic acids is 1. The fraction of sp³-hybridized carbons (Fsp3) is 0.900. The van der Waals surface area contributed by atoms with Gasteiger partial charge in [-0.2, -0.15) is 0 Å². The van der Waals surface area contributed by atoms with Gasteiger partial charge in [0.1, 0.15) is 5.60 Å². The van der Waals surface area contributed by atoms with Crippen molar-refractivity contribution < 1.29 is 14.6 Å². The van der Waals surface area contributed by atoms with E-state index in [0.29, 0.717) is 6.42 Å². The minimum atomic E-state index is -0.562. The first-order valence-corrected chi connectivity index (χ1v) is 4.94. The lowest BCUT2D eigenvalue weighted by Crippen LogP contribution is -2.44. The van der Waals surface area contributed by atoms with Gasteiger partial charge in [0.25, 0.3) is 0 Å². The Morgan fingerprint density at radius 3 is 2.29 bits per heavy atom. The molecule has 0 radical (unpaired) electrons. The maximum absolute atomic E-state index is 11.3. The fourth-order valence-electron chi connectivity index (χ4n) is 1.02. The van der Waals surface area contributed by atoms with Crippen LogP contribution in [0.25, 0.3) is 0 Å². The maximum atomic E-state index is 11.3. The van der Waals surface area contributed by atoms with Crippen molar-refractivity contribution in [3.05, 3.63) is 0 Å². The number of hydrogen-bond acceptors (Lipinski definition) is 3. The average Bonchev–Trinajstić information content (AvgIpc) is 1.96. The Hall–Kier alpha value is -0.770. The third-order valence-corrected chi connectivity index (χ3v) is 1.72. The summed E-state index contributed by atoms with van der Waals surface area (Å²) in [6.45, 7) is 8.95. The zero-order chi connectivity index (χ0) is 11.4. The molecule has 0 aromatic carbocycles. The maximum Gasteiger partial charge on any atom is 0.407 e. The molecule has 0 saturated carbocycles. The molecule has 0 aliphatic rings. The first kappa shape index (κ1) is 13.2. The normalized spacial score (nSPS) is 15.9. The van der Waals surface area contributed by atoms with Gasteiger partial charge >= 0.3 is 6.09 Å². The van der Waals surface area contributed by atoms with Gasteiger partial charge in [-0.15, -0.1) is 0 Å². The van der Waals surface area contributed by atoms with Crippen LogP contribution in [-0.4, -0.2) is 28.9 Å². The van der Waals surface area contributed by atoms with Crippen LogP contribution in [0.5, 0.6) is 0 Å². The third-order valence-electron chi connectivity index (χ3n) is 1.72. The van der Waals surface area contributed by atoms with Gasteiger partial charge < -0.3 is 15.2 Å². The van der Waals surface area contributed by atoms with Crippen LogP contribution >= 0.6 is 0 Å². The number of carbonyl (C=O) groups is 1. The number of ether oxygens (including phenoxy) is 1. The molecule has 0 aromatic heterocycles. The molecule has 0 aliphatic heterocycles. The predicted molar refractivity (Wildman–Crippen MR) is 55.1 cm³/mol. The third kappa shape index (κ3) is 5.80. The minimum Gasteiger partial charge on any atom is -0.444 e. The number of aliphatic hydroxyl groups is 1. The summed E-state index contributed by atoms with van der Waals surface area (Å²) in [6.07, 6.45) is -0.366. The van der Waals surface area contributed by atoms with E-state index in [-0.39, 0.29) is 6.04 Å². The van der Waals surface area contributed by atoms with Gasteiger partial charge in [-0.25, -0.2) is 4.79 Å². The molecule has 14 heavy (non-hydrogen) atoms. The molecule has 2 atom stereocenters. The van der Waals surface area contributed by atoms with Gasteiger partial charge in [0.2, 0.25) is 0 Å². The van der Waals surface area contributed by atoms with Crippen molar-refractivity contribution in [1.29, 1.82) is 0 Å². The first-order valence-electron chi connectivity index (χ1n) is 4.94. The van der Waals surface area contributed by atoms with Gasteiger partial charge in [0.05, 0.1) is 12.1 Å². The van der Waals surface area contributed by atoms with Crippen molar-refractivity contribution in [3.8, 4) is 0 Å². The van der Waals surface area contributed by atoms with Crippen LogP contribution in [0.2, 0.25) is 0 Å². The second-order valence-corrected chi connectivity index (χ2v) is 4.40. The number of nitrogens with one attached hydrogen (secondary N) is 1. The van der Waals surface area contributed by atoms with E-state index in [2.05, 4.69) is 5.32 Å². The summed E-state index contributed by atoms with van der Waals surface area (Å²) < 4.78 is 5.06. The van der Waals surface area contributed by atoms with Gasteiger partial charge in [0.15, 0.2) is 0 Å². The van der Waals surface area contributed by atoms with Gasteiger partial charge in [-0.1, -0.05) is 6.92 Å². The Morgan fingerprint density at radius 1 is 1.50 bits per heavy atom. The SMILES string of the molecule is CC[C@@H](NC(=O)OC(C)(C)C)[C@@H](C)O. The predicted octanol–water partition coefficient (Wildman–Crippen LogP) is 1.67. The van der Waals surface area contributed by atoms with Crippen LogP contribution in [0.4, 0.5) is 4.79 Å². The van der Waals surface area contributed by atoms with E-state index in [1.165, 1.54) is 0 Å². The highest BCUT2D eigenvalue weighted by Crippen LogP contribution is 2.07. The van der Waals surface area contributed by atoms with Crippen LogP contribution in [0.3, 0.4) is 0 Å². The summed E-state index contributed by atoms with van der Waals surface area (Å²) >= 11 is 0. The zero-order valence-corrected chi connectivity index (χ0v) is 9.63. The van der Waals surface area contributed by atoms with E-state index in [4.69, 9.17) is 4.74 Å². The van der Waals surface area contributed by atoms with Crippen LogP contribution in [0.1, 0.15) is 41.0 Å². The Kier molecular flexibility index (Phi) is 4.91. The molecule has 84 valence electrons. The second kappa shape index (κ2) is 5.20. The molecule has 0 aromatic rings. The van der Waals surface area contributed by atoms with Crippen LogP contribution in [0.15, 0.2) is 0 Å². The second-order valence-electron chi connectivity index (χ2n) is 4.40. The summed E-state index contributed by atoms with van der Waals surface area (Å²) in [6, 6.07) is -0.246. The van der Waals surface area contributed by atoms with Crippen molar-refractivity contribution in [2.45, 2.75) is 58.8 Å². The lowest BCUT2D eigenvalue weighted by Gasteiger charge is -2.24. The zero-order valence-electron chi connectivity index (χ0n) is 9.63. The van der Waals surface area contributed by atoms with E-state index >= 15 is 0 Å². The molecule has 4 nitrogen and oxygen atoms in total. The van der Waals surface area contributed by atoms with Gasteiger partial charge in [-0.05, 0) is 34.1 Å². The molecule has 0 heterocycles. The van der Waals surface area contributed by atoms with Crippen molar-refractivity contribution in [1.82, 2.24) is 5.32 Å². The Labute approximate surface area is 85.6 Å². The monoisotopic (exact) mass is 203 g/mol. The number of amides is 1. The van der Waals surface area contributed by atoms with Gasteiger partial charge in [-0.3, -0.25) is 0 Å². The highest BCUT2D eigenvalue weighted by molar-refractivity contribution is 5.68. The molecule has 0 fully saturated rings. The molecule has 4 heteroatoms. The Bertz CT molecular complexity index is 184. The molecule has 0 saturated heterocycles. The smallest absolute Gasteiger partial charge is 0.407 e. The molecule has 0 unspecified atom stereocenters. The number of aliphatic hydroxyl groups excluding tert-OH is 1. The number of hydrogen-bond donors (Lipinski definition) is 2. The van der Waals surface area contributed by atoms with E-state index in [1.807, 2.05) is 6.92 Å². The average molecular weight is 203 g/mol. The fourth-order valence-corrected chi connectivity index (χ4v) is 1.02. The Balaban J connectivity index is 4.04. The van der Waals surface area contributed by atoms with Crippen LogP contribution in [0, 0.1) is 0 Å². The lowest BCUT2D eigenvalue weighted by atomic mass is 10.1. The molecular weight excluding hydrogens is 182 g/mol. The standard InChI is InChI=1S/C10H21NO3/c1-6-8(7(2)12)11-9(13)14-10(3,4)5/h7-8,12H,6H2,1-5H3,(H,11,13)/t7-,8-/m1/s1. The molecule has 0 bridgehead atoms. The highest BCUT2D eigenvalue weighted by atomic mass is 16.6. The quantitative estimate of drug-likeness (QED) is 0.733. The molecule has 1 amide bonds. The van der Waals surface area contributed by atoms with E-state index in [0.717, 1.165) is 0 Å². The topological polar surface area (TPSA) is 58.6 Å². The molecule has 0 rings (SSSR count). The molecule has 0 aliphatic carbocycles. The minimum absolute atomic E-state index is 0.246. The summed E-state index contributed by atoms with van der Waals surface area (Å²) in [7, 11) is 0. The molecule has 0 spiro atoms. The number of alkyl carbamates (subject to hydrolysis) is 1. The summed E-state index contributed by atoms with van der Waals surface area (Å²) in [4.78, 5) is 11.3. The van der Waals surface area contributed by atoms with Crippen molar-refractivity contribution in [3.63, 3.8) is 0 Å². The van der Waals surface area contributed by atoms with E-state index < -0.39 is 17.8 Å². The van der Waals surface area contributed by atoms with E-state index in [9.17, 15) is 9.90 Å². The molecular formula is C10H21NO3. The van der Waals surface area contributed by atoms with E-state index in [1.54, 1.807) is 27.7 Å². The summed E-state index contributed by atoms with van der Waals surface area (Å²) in [5, 5.41) is 11.9. The van der Waals surface area contributed by atoms with Crippen molar-refractivity contribution >= 4 is 6.09 Å².